The molecular weight excluding hydrogens is 344 g/mol. The van der Waals surface area contributed by atoms with E-state index >= 15 is 0 Å². The van der Waals surface area contributed by atoms with Gasteiger partial charge in [-0.05, 0) is 55.8 Å². The number of carbonyl (C=O) groups is 1. The summed E-state index contributed by atoms with van der Waals surface area (Å²) in [6.07, 6.45) is 10.1. The minimum absolute atomic E-state index is 0.0239. The van der Waals surface area contributed by atoms with Crippen molar-refractivity contribution in [2.75, 3.05) is 0 Å². The zero-order valence-corrected chi connectivity index (χ0v) is 17.4. The minimum atomic E-state index is -0.622. The van der Waals surface area contributed by atoms with Gasteiger partial charge in [-0.1, -0.05) is 34.1 Å². The smallest absolute Gasteiger partial charge is 0.280 e. The van der Waals surface area contributed by atoms with Crippen LogP contribution in [0.2, 0.25) is 0 Å². The van der Waals surface area contributed by atoms with Crippen molar-refractivity contribution in [3.05, 3.63) is 15.9 Å². The first-order valence-corrected chi connectivity index (χ1v) is 11.1. The van der Waals surface area contributed by atoms with Crippen LogP contribution in [0, 0.1) is 11.8 Å². The fourth-order valence-corrected chi connectivity index (χ4v) is 6.15. The highest BCUT2D eigenvalue weighted by Crippen LogP contribution is 2.53. The molecule has 5 rings (SSSR count). The van der Waals surface area contributed by atoms with Gasteiger partial charge in [0.2, 0.25) is 0 Å². The van der Waals surface area contributed by atoms with Crippen molar-refractivity contribution in [3.63, 3.8) is 0 Å². The molecule has 2 aliphatic carbocycles. The van der Waals surface area contributed by atoms with Crippen LogP contribution in [0.4, 0.5) is 0 Å². The molecule has 2 saturated heterocycles. The van der Waals surface area contributed by atoms with Gasteiger partial charge in [-0.2, -0.15) is 4.99 Å². The summed E-state index contributed by atoms with van der Waals surface area (Å²) in [6, 6.07) is 0. The Morgan fingerprint density at radius 2 is 2.00 bits per heavy atom. The fourth-order valence-electron chi connectivity index (χ4n) is 5.08. The van der Waals surface area contributed by atoms with Crippen LogP contribution in [0.5, 0.6) is 0 Å². The lowest BCUT2D eigenvalue weighted by Gasteiger charge is -2.54. The minimum Gasteiger partial charge on any atom is -0.362 e. The topological polar surface area (TPSA) is 43.6 Å². The molecule has 2 unspecified atom stereocenters. The Labute approximate surface area is 160 Å². The summed E-state index contributed by atoms with van der Waals surface area (Å²) >= 11 is 1.67. The Morgan fingerprint density at radius 1 is 1.31 bits per heavy atom. The van der Waals surface area contributed by atoms with E-state index in [9.17, 15) is 4.79 Å². The summed E-state index contributed by atoms with van der Waals surface area (Å²) in [5.74, 6) is 1.31. The van der Waals surface area contributed by atoms with Gasteiger partial charge in [-0.3, -0.25) is 4.79 Å². The van der Waals surface area contributed by atoms with Crippen LogP contribution in [0.1, 0.15) is 77.5 Å². The van der Waals surface area contributed by atoms with E-state index in [1.54, 1.807) is 11.3 Å². The Hall–Kier alpha value is -0.940. The molecule has 0 radical (unpaired) electrons. The van der Waals surface area contributed by atoms with E-state index in [2.05, 4.69) is 43.5 Å². The fraction of sp³-hybridized carbons (Fsp3) is 0.810. The average Bonchev–Trinajstić information content (AvgIpc) is 2.94. The maximum absolute atomic E-state index is 13.3. The molecule has 0 aromatic carbocycles. The van der Waals surface area contributed by atoms with Crippen molar-refractivity contribution < 1.29 is 9.53 Å². The van der Waals surface area contributed by atoms with Crippen molar-refractivity contribution in [2.24, 2.45) is 16.8 Å². The quantitative estimate of drug-likeness (QED) is 0.780. The second-order valence-corrected chi connectivity index (χ2v) is 10.7. The van der Waals surface area contributed by atoms with Crippen LogP contribution < -0.4 is 4.80 Å². The molecule has 2 aliphatic heterocycles. The predicted molar refractivity (Wildman–Crippen MR) is 104 cm³/mol. The number of amides is 1. The van der Waals surface area contributed by atoms with Gasteiger partial charge in [0.25, 0.3) is 5.91 Å². The van der Waals surface area contributed by atoms with E-state index in [1.807, 2.05) is 0 Å². The number of thiazole rings is 1. The zero-order chi connectivity index (χ0) is 18.5. The molecule has 1 amide bonds. The van der Waals surface area contributed by atoms with Gasteiger partial charge in [-0.25, -0.2) is 0 Å². The highest BCUT2D eigenvalue weighted by Gasteiger charge is 2.56. The van der Waals surface area contributed by atoms with E-state index in [1.165, 1.54) is 11.3 Å². The van der Waals surface area contributed by atoms with Crippen molar-refractivity contribution >= 4 is 17.2 Å². The van der Waals surface area contributed by atoms with E-state index in [0.717, 1.165) is 49.9 Å². The Balaban J connectivity index is 1.67. The molecule has 0 spiro atoms. The second kappa shape index (κ2) is 6.59. The third-order valence-corrected chi connectivity index (χ3v) is 7.73. The monoisotopic (exact) mass is 376 g/mol. The van der Waals surface area contributed by atoms with E-state index in [0.29, 0.717) is 17.9 Å². The Kier molecular flexibility index (Phi) is 4.67. The number of hydrogen-bond donors (Lipinski definition) is 0. The zero-order valence-electron chi connectivity index (χ0n) is 16.6. The number of aryl methyl sites for hydroxylation is 1. The molecule has 4 bridgehead atoms. The largest absolute Gasteiger partial charge is 0.362 e. The lowest BCUT2D eigenvalue weighted by Crippen LogP contribution is -2.58. The molecule has 2 atom stereocenters. The number of carbonyl (C=O) groups excluding carboxylic acids is 1. The van der Waals surface area contributed by atoms with E-state index in [-0.39, 0.29) is 11.3 Å². The molecule has 144 valence electrons. The molecule has 4 aliphatic rings. The highest BCUT2D eigenvalue weighted by atomic mass is 32.1. The maximum Gasteiger partial charge on any atom is 0.280 e. The molecular formula is C21H32N2O2S. The SMILES string of the molecule is CCCCn1cc(C(C)(C)C)sc1=NC(=O)C12CC3CC(CC(C3)O1)C2. The van der Waals surface area contributed by atoms with E-state index in [4.69, 9.17) is 4.74 Å². The van der Waals surface area contributed by atoms with Gasteiger partial charge >= 0.3 is 0 Å². The highest BCUT2D eigenvalue weighted by molar-refractivity contribution is 7.09. The molecule has 2 saturated carbocycles. The summed E-state index contributed by atoms with van der Waals surface area (Å²) in [4.78, 5) is 20.0. The number of hydrogen-bond acceptors (Lipinski definition) is 3. The second-order valence-electron chi connectivity index (χ2n) is 9.67. The summed E-state index contributed by atoms with van der Waals surface area (Å²) < 4.78 is 8.48. The number of nitrogens with zero attached hydrogens (tertiary/aromatic N) is 2. The van der Waals surface area contributed by atoms with Gasteiger partial charge in [0.15, 0.2) is 4.80 Å². The van der Waals surface area contributed by atoms with Crippen LogP contribution in [-0.2, 0) is 21.5 Å². The van der Waals surface area contributed by atoms with Crippen molar-refractivity contribution in [1.29, 1.82) is 0 Å². The van der Waals surface area contributed by atoms with Crippen molar-refractivity contribution in [2.45, 2.75) is 96.3 Å². The summed E-state index contributed by atoms with van der Waals surface area (Å²) in [5, 5.41) is 0. The molecule has 1 aromatic heterocycles. The van der Waals surface area contributed by atoms with Gasteiger partial charge in [0.05, 0.1) is 6.10 Å². The van der Waals surface area contributed by atoms with Gasteiger partial charge in [-0.15, -0.1) is 11.3 Å². The summed E-state index contributed by atoms with van der Waals surface area (Å²) in [5.41, 5.74) is -0.546. The first-order chi connectivity index (χ1) is 12.3. The molecule has 1 aromatic rings. The normalized spacial score (nSPS) is 33.8. The standard InChI is InChI=1S/C21H32N2O2S/c1-5-6-7-23-13-17(20(2,3)4)26-19(23)22-18(24)21-11-14-8-15(12-21)10-16(9-14)25-21/h13-16H,5-12H2,1-4H3. The molecule has 5 heteroatoms. The molecule has 3 heterocycles. The molecule has 4 nitrogen and oxygen atoms in total. The number of rotatable bonds is 4. The summed E-state index contributed by atoms with van der Waals surface area (Å²) in [7, 11) is 0. The van der Waals surface area contributed by atoms with Crippen LogP contribution in [0.3, 0.4) is 0 Å². The van der Waals surface area contributed by atoms with Crippen molar-refractivity contribution in [3.8, 4) is 0 Å². The van der Waals surface area contributed by atoms with Crippen LogP contribution in [0.15, 0.2) is 11.2 Å². The third kappa shape index (κ3) is 3.33. The lowest BCUT2D eigenvalue weighted by molar-refractivity contribution is -0.216. The van der Waals surface area contributed by atoms with Crippen LogP contribution >= 0.6 is 11.3 Å². The lowest BCUT2D eigenvalue weighted by atomic mass is 9.62. The Morgan fingerprint density at radius 3 is 2.58 bits per heavy atom. The maximum atomic E-state index is 13.3. The molecule has 0 N–H and O–H groups in total. The summed E-state index contributed by atoms with van der Waals surface area (Å²) in [6.45, 7) is 9.78. The molecule has 4 fully saturated rings. The van der Waals surface area contributed by atoms with Crippen LogP contribution in [-0.4, -0.2) is 22.2 Å². The van der Waals surface area contributed by atoms with Gasteiger partial charge < -0.3 is 9.30 Å². The number of ether oxygens (including phenoxy) is 1. The van der Waals surface area contributed by atoms with Gasteiger partial charge in [0, 0.05) is 17.6 Å². The van der Waals surface area contributed by atoms with Crippen LogP contribution in [0.25, 0.3) is 0 Å². The van der Waals surface area contributed by atoms with E-state index < -0.39 is 5.60 Å². The average molecular weight is 377 g/mol. The predicted octanol–water partition coefficient (Wildman–Crippen LogP) is 4.42. The molecule has 26 heavy (non-hydrogen) atoms. The first-order valence-electron chi connectivity index (χ1n) is 10.3. The number of unbranched alkanes of at least 4 members (excludes halogenated alkanes) is 1. The van der Waals surface area contributed by atoms with Crippen molar-refractivity contribution in [1.82, 2.24) is 4.57 Å². The first kappa shape index (κ1) is 18.4. The Bertz CT molecular complexity index is 718. The van der Waals surface area contributed by atoms with Gasteiger partial charge in [0.1, 0.15) is 5.60 Å². The number of aromatic nitrogens is 1. The third-order valence-electron chi connectivity index (χ3n) is 6.29.